The smallest absolute Gasteiger partial charge is 0.230 e. The van der Waals surface area contributed by atoms with Gasteiger partial charge < -0.3 is 14.6 Å². The lowest BCUT2D eigenvalue weighted by Gasteiger charge is -2.16. The van der Waals surface area contributed by atoms with Gasteiger partial charge in [-0.2, -0.15) is 0 Å². The molecule has 1 aromatic carbocycles. The van der Waals surface area contributed by atoms with Crippen molar-refractivity contribution in [3.8, 4) is 10.8 Å². The summed E-state index contributed by atoms with van der Waals surface area (Å²) >= 11 is 1.45. The number of anilines is 2. The maximum atomic E-state index is 12.3. The van der Waals surface area contributed by atoms with Gasteiger partial charge in [-0.1, -0.05) is 6.07 Å². The number of hydrogen-bond donors (Lipinski definition) is 1. The first-order chi connectivity index (χ1) is 12.7. The molecule has 3 aromatic rings. The van der Waals surface area contributed by atoms with Gasteiger partial charge in [0.05, 0.1) is 18.4 Å². The zero-order valence-electron chi connectivity index (χ0n) is 14.0. The van der Waals surface area contributed by atoms with Crippen molar-refractivity contribution in [2.45, 2.75) is 19.3 Å². The third-order valence-electron chi connectivity index (χ3n) is 4.14. The molecule has 132 valence electrons. The van der Waals surface area contributed by atoms with Crippen LogP contribution in [-0.2, 0) is 16.0 Å². The summed E-state index contributed by atoms with van der Waals surface area (Å²) in [7, 11) is 0. The topological polar surface area (TPSA) is 75.4 Å². The van der Waals surface area contributed by atoms with Crippen LogP contribution < -0.4 is 10.2 Å². The fourth-order valence-electron chi connectivity index (χ4n) is 2.94. The molecule has 0 bridgehead atoms. The monoisotopic (exact) mass is 367 g/mol. The van der Waals surface area contributed by atoms with Gasteiger partial charge in [0, 0.05) is 29.7 Å². The summed E-state index contributed by atoms with van der Waals surface area (Å²) in [5.74, 6) is 0.678. The molecule has 0 aliphatic carbocycles. The van der Waals surface area contributed by atoms with E-state index < -0.39 is 0 Å². The van der Waals surface area contributed by atoms with Crippen LogP contribution in [0.2, 0.25) is 0 Å². The van der Waals surface area contributed by atoms with E-state index in [1.165, 1.54) is 11.3 Å². The fraction of sp³-hybridized carbons (Fsp3) is 0.211. The van der Waals surface area contributed by atoms with Crippen molar-refractivity contribution in [2.75, 3.05) is 16.8 Å². The van der Waals surface area contributed by atoms with E-state index in [0.29, 0.717) is 23.6 Å². The molecule has 1 saturated heterocycles. The van der Waals surface area contributed by atoms with E-state index in [1.54, 1.807) is 17.2 Å². The van der Waals surface area contributed by atoms with Crippen molar-refractivity contribution < 1.29 is 14.0 Å². The lowest BCUT2D eigenvalue weighted by Crippen LogP contribution is -2.23. The number of benzene rings is 1. The molecule has 0 spiro atoms. The third kappa shape index (κ3) is 3.52. The Morgan fingerprint density at radius 2 is 2.23 bits per heavy atom. The number of furan rings is 1. The van der Waals surface area contributed by atoms with Crippen LogP contribution in [0.15, 0.2) is 52.5 Å². The predicted molar refractivity (Wildman–Crippen MR) is 100 cm³/mol. The summed E-state index contributed by atoms with van der Waals surface area (Å²) in [4.78, 5) is 30.4. The van der Waals surface area contributed by atoms with Gasteiger partial charge in [-0.25, -0.2) is 4.98 Å². The molecule has 0 unspecified atom stereocenters. The first-order valence-electron chi connectivity index (χ1n) is 8.37. The fourth-order valence-corrected chi connectivity index (χ4v) is 3.73. The van der Waals surface area contributed by atoms with Gasteiger partial charge in [0.1, 0.15) is 0 Å². The van der Waals surface area contributed by atoms with E-state index in [1.807, 2.05) is 35.7 Å². The minimum Gasteiger partial charge on any atom is -0.462 e. The van der Waals surface area contributed by atoms with Crippen molar-refractivity contribution in [3.63, 3.8) is 0 Å². The minimum absolute atomic E-state index is 0.126. The molecule has 2 amide bonds. The summed E-state index contributed by atoms with van der Waals surface area (Å²) in [5, 5.41) is 5.49. The Labute approximate surface area is 154 Å². The van der Waals surface area contributed by atoms with Crippen LogP contribution in [-0.4, -0.2) is 23.3 Å². The highest BCUT2D eigenvalue weighted by atomic mass is 32.1. The summed E-state index contributed by atoms with van der Waals surface area (Å²) in [5.41, 5.74) is 2.19. The highest BCUT2D eigenvalue weighted by molar-refractivity contribution is 7.13. The number of amides is 2. The van der Waals surface area contributed by atoms with Gasteiger partial charge in [-0.3, -0.25) is 9.59 Å². The summed E-state index contributed by atoms with van der Waals surface area (Å²) in [6.07, 6.45) is 3.24. The molecule has 7 heteroatoms. The van der Waals surface area contributed by atoms with Crippen LogP contribution in [0, 0.1) is 0 Å². The second-order valence-electron chi connectivity index (χ2n) is 6.05. The molecule has 2 aromatic heterocycles. The van der Waals surface area contributed by atoms with E-state index in [2.05, 4.69) is 10.3 Å². The first kappa shape index (κ1) is 16.5. The lowest BCUT2D eigenvalue weighted by atomic mass is 10.2. The SMILES string of the molecule is O=C(Cc1csc(-c2ccco2)n1)Nc1cccc(N2CCCC2=O)c1. The van der Waals surface area contributed by atoms with Gasteiger partial charge in [0.15, 0.2) is 10.8 Å². The zero-order valence-corrected chi connectivity index (χ0v) is 14.8. The average molecular weight is 367 g/mol. The van der Waals surface area contributed by atoms with Crippen molar-refractivity contribution in [1.82, 2.24) is 4.98 Å². The van der Waals surface area contributed by atoms with Crippen LogP contribution in [0.3, 0.4) is 0 Å². The number of aromatic nitrogens is 1. The molecule has 0 atom stereocenters. The molecular formula is C19H17N3O3S. The van der Waals surface area contributed by atoms with Crippen molar-refractivity contribution in [3.05, 3.63) is 53.7 Å². The molecule has 0 radical (unpaired) electrons. The number of carbonyl (C=O) groups is 2. The second kappa shape index (κ2) is 7.13. The third-order valence-corrected chi connectivity index (χ3v) is 5.05. The number of nitrogens with zero attached hydrogens (tertiary/aromatic N) is 2. The lowest BCUT2D eigenvalue weighted by molar-refractivity contribution is -0.117. The Bertz CT molecular complexity index is 933. The molecular weight excluding hydrogens is 350 g/mol. The van der Waals surface area contributed by atoms with Gasteiger partial charge in [0.25, 0.3) is 0 Å². The number of carbonyl (C=O) groups excluding carboxylic acids is 2. The molecule has 1 aliphatic rings. The molecule has 0 saturated carbocycles. The Morgan fingerprint density at radius 1 is 1.31 bits per heavy atom. The van der Waals surface area contributed by atoms with E-state index in [4.69, 9.17) is 4.42 Å². The molecule has 1 fully saturated rings. The summed E-state index contributed by atoms with van der Waals surface area (Å²) < 4.78 is 5.32. The van der Waals surface area contributed by atoms with Crippen molar-refractivity contribution >= 4 is 34.5 Å². The van der Waals surface area contributed by atoms with Crippen LogP contribution in [0.1, 0.15) is 18.5 Å². The van der Waals surface area contributed by atoms with Crippen LogP contribution in [0.4, 0.5) is 11.4 Å². The Hall–Kier alpha value is -2.93. The zero-order chi connectivity index (χ0) is 17.9. The first-order valence-corrected chi connectivity index (χ1v) is 9.25. The number of nitrogens with one attached hydrogen (secondary N) is 1. The summed E-state index contributed by atoms with van der Waals surface area (Å²) in [6.45, 7) is 0.727. The minimum atomic E-state index is -0.147. The molecule has 3 heterocycles. The normalized spacial score (nSPS) is 14.0. The van der Waals surface area contributed by atoms with Crippen molar-refractivity contribution in [1.29, 1.82) is 0 Å². The highest BCUT2D eigenvalue weighted by Gasteiger charge is 2.21. The predicted octanol–water partition coefficient (Wildman–Crippen LogP) is 3.71. The van der Waals surface area contributed by atoms with Crippen LogP contribution in [0.25, 0.3) is 10.8 Å². The Kier molecular flexibility index (Phi) is 4.53. The Balaban J connectivity index is 1.41. The average Bonchev–Trinajstić information content (AvgIpc) is 3.35. The maximum Gasteiger partial charge on any atom is 0.230 e. The van der Waals surface area contributed by atoms with E-state index in [0.717, 1.165) is 23.7 Å². The quantitative estimate of drug-likeness (QED) is 0.746. The number of hydrogen-bond acceptors (Lipinski definition) is 5. The van der Waals surface area contributed by atoms with E-state index in [9.17, 15) is 9.59 Å². The van der Waals surface area contributed by atoms with Gasteiger partial charge >= 0.3 is 0 Å². The standard InChI is InChI=1S/C19H17N3O3S/c23-17(11-14-12-26-19(21-14)16-6-3-9-25-16)20-13-4-1-5-15(10-13)22-8-2-7-18(22)24/h1,3-6,9-10,12H,2,7-8,11H2,(H,20,23). The maximum absolute atomic E-state index is 12.3. The number of thiazole rings is 1. The van der Waals surface area contributed by atoms with E-state index in [-0.39, 0.29) is 18.2 Å². The van der Waals surface area contributed by atoms with Gasteiger partial charge in [-0.05, 0) is 36.8 Å². The molecule has 26 heavy (non-hydrogen) atoms. The second-order valence-corrected chi connectivity index (χ2v) is 6.90. The molecule has 4 rings (SSSR count). The molecule has 1 N–H and O–H groups in total. The Morgan fingerprint density at radius 3 is 3.00 bits per heavy atom. The summed E-state index contributed by atoms with van der Waals surface area (Å²) in [6, 6.07) is 11.0. The largest absolute Gasteiger partial charge is 0.462 e. The van der Waals surface area contributed by atoms with Crippen LogP contribution in [0.5, 0.6) is 0 Å². The van der Waals surface area contributed by atoms with E-state index >= 15 is 0 Å². The molecule has 6 nitrogen and oxygen atoms in total. The van der Waals surface area contributed by atoms with Gasteiger partial charge in [0.2, 0.25) is 11.8 Å². The van der Waals surface area contributed by atoms with Gasteiger partial charge in [-0.15, -0.1) is 11.3 Å². The molecule has 1 aliphatic heterocycles. The van der Waals surface area contributed by atoms with Crippen LogP contribution >= 0.6 is 11.3 Å². The highest BCUT2D eigenvalue weighted by Crippen LogP contribution is 2.26. The van der Waals surface area contributed by atoms with Crippen molar-refractivity contribution in [2.24, 2.45) is 0 Å². The number of rotatable bonds is 5.